The highest BCUT2D eigenvalue weighted by molar-refractivity contribution is 6.30. The molecule has 21 heavy (non-hydrogen) atoms. The van der Waals surface area contributed by atoms with E-state index < -0.39 is 0 Å². The highest BCUT2D eigenvalue weighted by atomic mass is 35.5. The van der Waals surface area contributed by atoms with Gasteiger partial charge in [0.1, 0.15) is 0 Å². The maximum Gasteiger partial charge on any atom is 0.0641 e. The molecule has 0 aliphatic rings. The van der Waals surface area contributed by atoms with Gasteiger partial charge in [0.05, 0.1) is 6.61 Å². The number of nitrogens with one attached hydrogen (secondary N) is 1. The summed E-state index contributed by atoms with van der Waals surface area (Å²) in [5, 5.41) is 4.32. The van der Waals surface area contributed by atoms with Gasteiger partial charge in [-0.1, -0.05) is 11.6 Å². The first-order valence-corrected chi connectivity index (χ1v) is 8.11. The third kappa shape index (κ3) is 6.68. The molecule has 0 unspecified atom stereocenters. The third-order valence-corrected chi connectivity index (χ3v) is 3.52. The number of benzene rings is 1. The van der Waals surface area contributed by atoms with Crippen molar-refractivity contribution in [2.45, 2.75) is 46.7 Å². The number of nitrogens with zero attached hydrogens (tertiary/aromatic N) is 1. The lowest BCUT2D eigenvalue weighted by molar-refractivity contribution is 0.154. The van der Waals surface area contributed by atoms with Crippen LogP contribution in [-0.2, 0) is 11.3 Å². The molecule has 0 fully saturated rings. The van der Waals surface area contributed by atoms with Gasteiger partial charge in [-0.3, -0.25) is 0 Å². The second-order valence-electron chi connectivity index (χ2n) is 6.15. The smallest absolute Gasteiger partial charge is 0.0641 e. The number of anilines is 1. The summed E-state index contributed by atoms with van der Waals surface area (Å²) >= 11 is 6.17. The second-order valence-corrected chi connectivity index (χ2v) is 6.59. The normalized spacial score (nSPS) is 11.7. The standard InChI is InChI=1S/C17H29ClN2O/c1-6-20(10-11-21-7-2)16-9-8-15(18)12-14(16)13-19-17(3,4)5/h8-9,12,19H,6-7,10-11,13H2,1-5H3. The maximum atomic E-state index is 6.17. The van der Waals surface area contributed by atoms with Gasteiger partial charge in [0, 0.05) is 42.5 Å². The summed E-state index contributed by atoms with van der Waals surface area (Å²) < 4.78 is 5.48. The molecular weight excluding hydrogens is 284 g/mol. The van der Waals surface area contributed by atoms with Gasteiger partial charge in [-0.25, -0.2) is 0 Å². The molecule has 0 radical (unpaired) electrons. The summed E-state index contributed by atoms with van der Waals surface area (Å²) in [5.41, 5.74) is 2.55. The number of hydrogen-bond acceptors (Lipinski definition) is 3. The van der Waals surface area contributed by atoms with Gasteiger partial charge >= 0.3 is 0 Å². The molecule has 0 saturated heterocycles. The largest absolute Gasteiger partial charge is 0.380 e. The summed E-state index contributed by atoms with van der Waals surface area (Å²) in [6.45, 7) is 14.9. The molecule has 3 nitrogen and oxygen atoms in total. The van der Waals surface area contributed by atoms with E-state index in [1.54, 1.807) is 0 Å². The molecule has 1 aromatic rings. The Kier molecular flexibility index (Phi) is 7.50. The Morgan fingerprint density at radius 1 is 1.24 bits per heavy atom. The van der Waals surface area contributed by atoms with Gasteiger partial charge < -0.3 is 15.0 Å². The second kappa shape index (κ2) is 8.62. The summed E-state index contributed by atoms with van der Waals surface area (Å²) in [7, 11) is 0. The van der Waals surface area contributed by atoms with Crippen molar-refractivity contribution in [2.24, 2.45) is 0 Å². The van der Waals surface area contributed by atoms with Crippen LogP contribution in [0.1, 0.15) is 40.2 Å². The average molecular weight is 313 g/mol. The highest BCUT2D eigenvalue weighted by Gasteiger charge is 2.14. The Morgan fingerprint density at radius 3 is 2.52 bits per heavy atom. The molecule has 1 aromatic carbocycles. The predicted molar refractivity (Wildman–Crippen MR) is 92.4 cm³/mol. The molecule has 0 aliphatic carbocycles. The van der Waals surface area contributed by atoms with Crippen LogP contribution in [0, 0.1) is 0 Å². The van der Waals surface area contributed by atoms with Crippen LogP contribution in [0.5, 0.6) is 0 Å². The summed E-state index contributed by atoms with van der Waals surface area (Å²) in [6, 6.07) is 6.12. The van der Waals surface area contributed by atoms with Gasteiger partial charge in [0.15, 0.2) is 0 Å². The maximum absolute atomic E-state index is 6.17. The number of hydrogen-bond donors (Lipinski definition) is 1. The molecule has 0 aromatic heterocycles. The van der Waals surface area contributed by atoms with E-state index >= 15 is 0 Å². The van der Waals surface area contributed by atoms with Gasteiger partial charge in [-0.05, 0) is 58.4 Å². The van der Waals surface area contributed by atoms with Crippen LogP contribution in [0.3, 0.4) is 0 Å². The zero-order valence-corrected chi connectivity index (χ0v) is 14.8. The summed E-state index contributed by atoms with van der Waals surface area (Å²) in [6.07, 6.45) is 0. The van der Waals surface area contributed by atoms with Crippen LogP contribution >= 0.6 is 11.6 Å². The first-order valence-electron chi connectivity index (χ1n) is 7.73. The summed E-state index contributed by atoms with van der Waals surface area (Å²) in [4.78, 5) is 2.34. The lowest BCUT2D eigenvalue weighted by Crippen LogP contribution is -2.36. The molecule has 120 valence electrons. The lowest BCUT2D eigenvalue weighted by atomic mass is 10.1. The van der Waals surface area contributed by atoms with E-state index in [0.29, 0.717) is 0 Å². The molecule has 0 atom stereocenters. The van der Waals surface area contributed by atoms with Gasteiger partial charge in [-0.15, -0.1) is 0 Å². The molecular formula is C17H29ClN2O. The Labute approximate surface area is 134 Å². The van der Waals surface area contributed by atoms with E-state index in [0.717, 1.165) is 37.9 Å². The first-order chi connectivity index (χ1) is 9.87. The number of rotatable bonds is 8. The fourth-order valence-electron chi connectivity index (χ4n) is 2.13. The SMILES string of the molecule is CCOCCN(CC)c1ccc(Cl)cc1CNC(C)(C)C. The van der Waals surface area contributed by atoms with Crippen LogP contribution in [0.2, 0.25) is 5.02 Å². The molecule has 0 bridgehead atoms. The Morgan fingerprint density at radius 2 is 1.95 bits per heavy atom. The van der Waals surface area contributed by atoms with Gasteiger partial charge in [0.2, 0.25) is 0 Å². The van der Waals surface area contributed by atoms with Crippen molar-refractivity contribution in [3.8, 4) is 0 Å². The summed E-state index contributed by atoms with van der Waals surface area (Å²) in [5.74, 6) is 0. The van der Waals surface area contributed by atoms with Crippen molar-refractivity contribution in [3.63, 3.8) is 0 Å². The number of likely N-dealkylation sites (N-methyl/N-ethyl adjacent to an activating group) is 1. The Hall–Kier alpha value is -0.770. The van der Waals surface area contributed by atoms with Crippen molar-refractivity contribution in [2.75, 3.05) is 31.2 Å². The Balaban J connectivity index is 2.87. The van der Waals surface area contributed by atoms with E-state index in [1.807, 2.05) is 13.0 Å². The molecule has 0 saturated carbocycles. The van der Waals surface area contributed by atoms with E-state index in [2.05, 4.69) is 50.0 Å². The fourth-order valence-corrected chi connectivity index (χ4v) is 2.33. The van der Waals surface area contributed by atoms with Gasteiger partial charge in [0.25, 0.3) is 0 Å². The van der Waals surface area contributed by atoms with Crippen molar-refractivity contribution in [1.29, 1.82) is 0 Å². The first kappa shape index (κ1) is 18.3. The van der Waals surface area contributed by atoms with Crippen LogP contribution in [0.15, 0.2) is 18.2 Å². The van der Waals surface area contributed by atoms with Crippen LogP contribution in [0.4, 0.5) is 5.69 Å². The predicted octanol–water partition coefficient (Wildman–Crippen LogP) is 4.09. The monoisotopic (exact) mass is 312 g/mol. The van der Waals surface area contributed by atoms with Crippen molar-refractivity contribution >= 4 is 17.3 Å². The van der Waals surface area contributed by atoms with Crippen LogP contribution in [-0.4, -0.2) is 31.8 Å². The minimum atomic E-state index is 0.0853. The lowest BCUT2D eigenvalue weighted by Gasteiger charge is -2.28. The third-order valence-electron chi connectivity index (χ3n) is 3.28. The van der Waals surface area contributed by atoms with Crippen molar-refractivity contribution in [1.82, 2.24) is 5.32 Å². The van der Waals surface area contributed by atoms with Crippen molar-refractivity contribution < 1.29 is 4.74 Å². The minimum absolute atomic E-state index is 0.0853. The molecule has 1 N–H and O–H groups in total. The molecule has 1 rings (SSSR count). The molecule has 0 spiro atoms. The molecule has 0 heterocycles. The molecule has 0 aliphatic heterocycles. The van der Waals surface area contributed by atoms with E-state index in [9.17, 15) is 0 Å². The van der Waals surface area contributed by atoms with E-state index in [1.165, 1.54) is 11.3 Å². The molecule has 0 amide bonds. The van der Waals surface area contributed by atoms with Crippen molar-refractivity contribution in [3.05, 3.63) is 28.8 Å². The molecule has 4 heteroatoms. The minimum Gasteiger partial charge on any atom is -0.380 e. The van der Waals surface area contributed by atoms with Crippen LogP contribution in [0.25, 0.3) is 0 Å². The van der Waals surface area contributed by atoms with Gasteiger partial charge in [-0.2, -0.15) is 0 Å². The van der Waals surface area contributed by atoms with E-state index in [4.69, 9.17) is 16.3 Å². The number of halogens is 1. The zero-order valence-electron chi connectivity index (χ0n) is 14.0. The van der Waals surface area contributed by atoms with Crippen LogP contribution < -0.4 is 10.2 Å². The highest BCUT2D eigenvalue weighted by Crippen LogP contribution is 2.25. The Bertz CT molecular complexity index is 429. The fraction of sp³-hybridized carbons (Fsp3) is 0.647. The zero-order chi connectivity index (χ0) is 15.9. The number of ether oxygens (including phenoxy) is 1. The topological polar surface area (TPSA) is 24.5 Å². The van der Waals surface area contributed by atoms with E-state index in [-0.39, 0.29) is 5.54 Å². The quantitative estimate of drug-likeness (QED) is 0.732. The average Bonchev–Trinajstić information content (AvgIpc) is 2.41.